The molecule has 102 valence electrons. The maximum Gasteiger partial charge on any atom is 0.471 e. The number of aromatic nitrogens is 1. The molecule has 1 aromatic heterocycles. The van der Waals surface area contributed by atoms with Gasteiger partial charge in [0.2, 0.25) is 0 Å². The molecule has 1 amide bonds. The van der Waals surface area contributed by atoms with E-state index in [4.69, 9.17) is 5.11 Å². The topological polar surface area (TPSA) is 70.5 Å². The van der Waals surface area contributed by atoms with E-state index in [1.165, 1.54) is 6.20 Å². The van der Waals surface area contributed by atoms with Gasteiger partial charge in [-0.25, -0.2) is 9.78 Å². The first kappa shape index (κ1) is 13.3. The maximum absolute atomic E-state index is 12.3. The van der Waals surface area contributed by atoms with E-state index >= 15 is 0 Å². The molecule has 1 N–H and O–H groups in total. The Morgan fingerprint density at radius 3 is 2.63 bits per heavy atom. The summed E-state index contributed by atoms with van der Waals surface area (Å²) in [5.41, 5.74) is 0.467. The number of alkyl halides is 3. The zero-order chi connectivity index (χ0) is 14.2. The number of rotatable bonds is 1. The molecular weight excluding hydrogens is 265 g/mol. The summed E-state index contributed by atoms with van der Waals surface area (Å²) in [6.45, 7) is -0.475. The fourth-order valence-corrected chi connectivity index (χ4v) is 2.01. The third-order valence-electron chi connectivity index (χ3n) is 2.89. The molecule has 0 fully saturated rings. The van der Waals surface area contributed by atoms with Crippen LogP contribution in [-0.2, 0) is 17.8 Å². The summed E-state index contributed by atoms with van der Waals surface area (Å²) in [5.74, 6) is -3.28. The highest BCUT2D eigenvalue weighted by atomic mass is 19.4. The van der Waals surface area contributed by atoms with Gasteiger partial charge in [0.1, 0.15) is 0 Å². The molecule has 1 aromatic rings. The number of fused-ring (bicyclic) bond motifs is 1. The minimum atomic E-state index is -4.96. The molecule has 8 heteroatoms. The van der Waals surface area contributed by atoms with Gasteiger partial charge in [0.25, 0.3) is 0 Å². The molecule has 0 spiro atoms. The molecule has 0 radical (unpaired) electrons. The van der Waals surface area contributed by atoms with Crippen molar-refractivity contribution in [3.8, 4) is 0 Å². The monoisotopic (exact) mass is 274 g/mol. The fraction of sp³-hybridized carbons (Fsp3) is 0.364. The van der Waals surface area contributed by atoms with Gasteiger partial charge in [-0.05, 0) is 18.1 Å². The van der Waals surface area contributed by atoms with Crippen LogP contribution in [0.3, 0.4) is 0 Å². The van der Waals surface area contributed by atoms with Crippen molar-refractivity contribution in [2.24, 2.45) is 0 Å². The third kappa shape index (κ3) is 2.51. The van der Waals surface area contributed by atoms with Crippen LogP contribution in [0.15, 0.2) is 12.3 Å². The second kappa shape index (κ2) is 4.52. The van der Waals surface area contributed by atoms with Crippen molar-refractivity contribution in [1.82, 2.24) is 9.88 Å². The Hall–Kier alpha value is -2.12. The lowest BCUT2D eigenvalue weighted by atomic mass is 9.99. The summed E-state index contributed by atoms with van der Waals surface area (Å²) in [5, 5.41) is 8.94. The van der Waals surface area contributed by atoms with Crippen LogP contribution in [0.1, 0.15) is 21.6 Å². The Morgan fingerprint density at radius 2 is 2.05 bits per heavy atom. The van der Waals surface area contributed by atoms with Gasteiger partial charge >= 0.3 is 18.1 Å². The van der Waals surface area contributed by atoms with Crippen LogP contribution in [0.5, 0.6) is 0 Å². The summed E-state index contributed by atoms with van der Waals surface area (Å²) in [7, 11) is 0. The van der Waals surface area contributed by atoms with Gasteiger partial charge in [-0.1, -0.05) is 0 Å². The molecule has 2 rings (SSSR count). The van der Waals surface area contributed by atoms with Crippen LogP contribution in [0.2, 0.25) is 0 Å². The third-order valence-corrected chi connectivity index (χ3v) is 2.89. The number of halogens is 3. The number of hydrogen-bond acceptors (Lipinski definition) is 3. The number of nitrogens with zero attached hydrogens (tertiary/aromatic N) is 2. The Balaban J connectivity index is 2.33. The molecule has 5 nitrogen and oxygen atoms in total. The number of carboxylic acids is 1. The predicted octanol–water partition coefficient (Wildman–Crippen LogP) is 1.23. The lowest BCUT2D eigenvalue weighted by Crippen LogP contribution is -2.44. The molecule has 1 aliphatic rings. The number of carboxylic acid groups (broad SMARTS) is 1. The number of hydrogen-bond donors (Lipinski definition) is 1. The smallest absolute Gasteiger partial charge is 0.471 e. The quantitative estimate of drug-likeness (QED) is 0.836. The highest BCUT2D eigenvalue weighted by Crippen LogP contribution is 2.26. The molecule has 2 heterocycles. The lowest BCUT2D eigenvalue weighted by Gasteiger charge is -2.29. The van der Waals surface area contributed by atoms with Crippen molar-refractivity contribution in [2.75, 3.05) is 6.54 Å². The van der Waals surface area contributed by atoms with Gasteiger partial charge in [0.15, 0.2) is 5.69 Å². The zero-order valence-corrected chi connectivity index (χ0v) is 9.57. The van der Waals surface area contributed by atoms with Gasteiger partial charge in [-0.2, -0.15) is 13.2 Å². The molecule has 0 aromatic carbocycles. The Morgan fingerprint density at radius 1 is 1.37 bits per heavy atom. The molecule has 0 saturated carbocycles. The largest absolute Gasteiger partial charge is 0.477 e. The van der Waals surface area contributed by atoms with E-state index in [0.717, 1.165) is 0 Å². The van der Waals surface area contributed by atoms with E-state index < -0.39 is 18.1 Å². The van der Waals surface area contributed by atoms with Gasteiger partial charge in [-0.15, -0.1) is 0 Å². The zero-order valence-electron chi connectivity index (χ0n) is 9.57. The lowest BCUT2D eigenvalue weighted by molar-refractivity contribution is -0.186. The number of pyridine rings is 1. The Labute approximate surface area is 105 Å². The van der Waals surface area contributed by atoms with E-state index in [2.05, 4.69) is 4.98 Å². The first-order chi connectivity index (χ1) is 8.80. The molecule has 0 atom stereocenters. The molecule has 0 bridgehead atoms. The minimum absolute atomic E-state index is 0.0889. The SMILES string of the molecule is O=C(O)c1nccc2c1CN(C(=O)C(F)(F)F)CC2. The van der Waals surface area contributed by atoms with E-state index in [0.29, 0.717) is 10.5 Å². The van der Waals surface area contributed by atoms with Crippen LogP contribution in [0.25, 0.3) is 0 Å². The second-order valence-corrected chi connectivity index (χ2v) is 4.08. The number of amides is 1. The molecule has 19 heavy (non-hydrogen) atoms. The molecule has 0 aliphatic carbocycles. The van der Waals surface area contributed by atoms with Crippen LogP contribution in [0, 0.1) is 0 Å². The summed E-state index contributed by atoms with van der Waals surface area (Å²) in [6.07, 6.45) is -3.48. The van der Waals surface area contributed by atoms with Crippen LogP contribution < -0.4 is 0 Å². The second-order valence-electron chi connectivity index (χ2n) is 4.08. The van der Waals surface area contributed by atoms with E-state index in [9.17, 15) is 22.8 Å². The number of carbonyl (C=O) groups is 2. The number of aromatic carboxylic acids is 1. The Bertz CT molecular complexity index is 542. The summed E-state index contributed by atoms with van der Waals surface area (Å²) >= 11 is 0. The summed E-state index contributed by atoms with van der Waals surface area (Å²) < 4.78 is 37.0. The first-order valence-corrected chi connectivity index (χ1v) is 5.37. The maximum atomic E-state index is 12.3. The van der Waals surface area contributed by atoms with Crippen molar-refractivity contribution in [2.45, 2.75) is 19.1 Å². The average Bonchev–Trinajstić information content (AvgIpc) is 2.35. The highest BCUT2D eigenvalue weighted by Gasteiger charge is 2.43. The normalized spacial score (nSPS) is 15.0. The van der Waals surface area contributed by atoms with Gasteiger partial charge in [-0.3, -0.25) is 4.79 Å². The average molecular weight is 274 g/mol. The molecule has 0 saturated heterocycles. The predicted molar refractivity (Wildman–Crippen MR) is 56.4 cm³/mol. The molecular formula is C11H9F3N2O3. The highest BCUT2D eigenvalue weighted by molar-refractivity contribution is 5.88. The van der Waals surface area contributed by atoms with Crippen molar-refractivity contribution < 1.29 is 27.9 Å². The molecule has 1 aliphatic heterocycles. The molecule has 0 unspecified atom stereocenters. The van der Waals surface area contributed by atoms with Crippen molar-refractivity contribution in [3.05, 3.63) is 29.1 Å². The van der Waals surface area contributed by atoms with E-state index in [1.54, 1.807) is 6.07 Å². The van der Waals surface area contributed by atoms with Crippen LogP contribution in [-0.4, -0.2) is 39.6 Å². The minimum Gasteiger partial charge on any atom is -0.477 e. The first-order valence-electron chi connectivity index (χ1n) is 5.37. The van der Waals surface area contributed by atoms with Crippen molar-refractivity contribution in [1.29, 1.82) is 0 Å². The number of carbonyl (C=O) groups excluding carboxylic acids is 1. The van der Waals surface area contributed by atoms with Crippen molar-refractivity contribution >= 4 is 11.9 Å². The summed E-state index contributed by atoms with van der Waals surface area (Å²) in [6, 6.07) is 1.55. The van der Waals surface area contributed by atoms with Crippen LogP contribution in [0.4, 0.5) is 13.2 Å². The Kier molecular flexibility index (Phi) is 3.17. The standard InChI is InChI=1S/C11H9F3N2O3/c12-11(13,14)10(19)16-4-2-6-1-3-15-8(9(17)18)7(6)5-16/h1,3H,2,4-5H2,(H,17,18). The fourth-order valence-electron chi connectivity index (χ4n) is 2.01. The van der Waals surface area contributed by atoms with Crippen LogP contribution >= 0.6 is 0 Å². The van der Waals surface area contributed by atoms with Gasteiger partial charge < -0.3 is 10.0 Å². The van der Waals surface area contributed by atoms with Gasteiger partial charge in [0, 0.05) is 24.8 Å². The van der Waals surface area contributed by atoms with E-state index in [-0.39, 0.29) is 30.8 Å². The van der Waals surface area contributed by atoms with Gasteiger partial charge in [0.05, 0.1) is 0 Å². The van der Waals surface area contributed by atoms with Crippen molar-refractivity contribution in [3.63, 3.8) is 0 Å². The summed E-state index contributed by atoms with van der Waals surface area (Å²) in [4.78, 5) is 26.3. The van der Waals surface area contributed by atoms with E-state index in [1.807, 2.05) is 0 Å².